The third kappa shape index (κ3) is 6.78. The minimum absolute atomic E-state index is 0.0661. The molecular formula is C25H25ClN4O2S. The van der Waals surface area contributed by atoms with Crippen LogP contribution in [0.1, 0.15) is 34.6 Å². The van der Waals surface area contributed by atoms with Gasteiger partial charge in [0, 0.05) is 23.7 Å². The van der Waals surface area contributed by atoms with Crippen LogP contribution in [0.2, 0.25) is 5.02 Å². The normalized spacial score (nSPS) is 11.4. The molecule has 0 saturated carbocycles. The van der Waals surface area contributed by atoms with Gasteiger partial charge in [0.2, 0.25) is 0 Å². The van der Waals surface area contributed by atoms with E-state index < -0.39 is 11.8 Å². The van der Waals surface area contributed by atoms with E-state index in [1.165, 1.54) is 11.3 Å². The second-order valence-corrected chi connectivity index (χ2v) is 8.36. The number of nitrogens with one attached hydrogen (secondary N) is 2. The summed E-state index contributed by atoms with van der Waals surface area (Å²) in [5.74, 6) is -1.02. The molecule has 0 unspecified atom stereocenters. The summed E-state index contributed by atoms with van der Waals surface area (Å²) >= 11 is 7.57. The SMILES string of the molecule is CCN(CC)c1ccc(C=NNC(=O)/C(=C\c2cccs2)NC(=O)c2ccccc2Cl)cc1. The smallest absolute Gasteiger partial charge is 0.287 e. The van der Waals surface area contributed by atoms with Crippen LogP contribution in [-0.4, -0.2) is 31.1 Å². The lowest BCUT2D eigenvalue weighted by Crippen LogP contribution is -2.33. The molecule has 1 aromatic heterocycles. The van der Waals surface area contributed by atoms with Gasteiger partial charge in [-0.1, -0.05) is 41.9 Å². The van der Waals surface area contributed by atoms with E-state index >= 15 is 0 Å². The van der Waals surface area contributed by atoms with Gasteiger partial charge in [0.05, 0.1) is 16.8 Å². The summed E-state index contributed by atoms with van der Waals surface area (Å²) in [4.78, 5) is 28.5. The number of nitrogens with zero attached hydrogens (tertiary/aromatic N) is 2. The Bertz CT molecular complexity index is 1140. The van der Waals surface area contributed by atoms with Gasteiger partial charge in [0.15, 0.2) is 0 Å². The van der Waals surface area contributed by atoms with E-state index in [0.29, 0.717) is 5.02 Å². The number of carbonyl (C=O) groups is 2. The molecule has 0 atom stereocenters. The van der Waals surface area contributed by atoms with Crippen LogP contribution >= 0.6 is 22.9 Å². The highest BCUT2D eigenvalue weighted by Gasteiger charge is 2.16. The van der Waals surface area contributed by atoms with Crippen LogP contribution in [0.5, 0.6) is 0 Å². The first kappa shape index (κ1) is 24.2. The molecule has 0 fully saturated rings. The number of hydrogen-bond acceptors (Lipinski definition) is 5. The molecule has 3 rings (SSSR count). The van der Waals surface area contributed by atoms with Crippen molar-refractivity contribution in [3.8, 4) is 0 Å². The molecule has 3 aromatic rings. The first-order chi connectivity index (χ1) is 16.0. The van der Waals surface area contributed by atoms with Gasteiger partial charge in [-0.2, -0.15) is 5.10 Å². The Morgan fingerprint density at radius 3 is 2.39 bits per heavy atom. The number of amides is 2. The first-order valence-corrected chi connectivity index (χ1v) is 11.8. The van der Waals surface area contributed by atoms with Crippen LogP contribution in [0.3, 0.4) is 0 Å². The quantitative estimate of drug-likeness (QED) is 0.252. The third-order valence-electron chi connectivity index (χ3n) is 4.84. The molecule has 0 bridgehead atoms. The van der Waals surface area contributed by atoms with Gasteiger partial charge in [-0.15, -0.1) is 11.3 Å². The number of hydrazone groups is 1. The lowest BCUT2D eigenvalue weighted by Gasteiger charge is -2.20. The molecule has 1 heterocycles. The number of hydrogen-bond donors (Lipinski definition) is 2. The standard InChI is InChI=1S/C25H25ClN4O2S/c1-3-30(4-2)19-13-11-18(12-14-19)17-27-29-25(32)23(16-20-8-7-15-33-20)28-24(31)21-9-5-6-10-22(21)26/h5-17H,3-4H2,1-2H3,(H,28,31)(H,29,32)/b23-16+,27-17?. The van der Waals surface area contributed by atoms with Crippen LogP contribution in [0.25, 0.3) is 6.08 Å². The minimum Gasteiger partial charge on any atom is -0.372 e. The monoisotopic (exact) mass is 480 g/mol. The Morgan fingerprint density at radius 2 is 1.76 bits per heavy atom. The van der Waals surface area contributed by atoms with Gasteiger partial charge in [-0.05, 0) is 61.2 Å². The van der Waals surface area contributed by atoms with Gasteiger partial charge in [0.25, 0.3) is 11.8 Å². The molecule has 2 N–H and O–H groups in total. The Labute approximate surface area is 202 Å². The molecule has 0 aliphatic rings. The summed E-state index contributed by atoms with van der Waals surface area (Å²) in [6, 6.07) is 18.3. The molecule has 0 aliphatic carbocycles. The predicted octanol–water partition coefficient (Wildman–Crippen LogP) is 5.17. The van der Waals surface area contributed by atoms with Crippen molar-refractivity contribution in [1.82, 2.24) is 10.7 Å². The van der Waals surface area contributed by atoms with Crippen molar-refractivity contribution in [3.63, 3.8) is 0 Å². The highest BCUT2D eigenvalue weighted by atomic mass is 35.5. The fourth-order valence-electron chi connectivity index (χ4n) is 3.09. The molecule has 33 heavy (non-hydrogen) atoms. The van der Waals surface area contributed by atoms with Crippen molar-refractivity contribution in [2.75, 3.05) is 18.0 Å². The van der Waals surface area contributed by atoms with Crippen molar-refractivity contribution in [1.29, 1.82) is 0 Å². The Balaban J connectivity index is 1.71. The Morgan fingerprint density at radius 1 is 1.03 bits per heavy atom. The molecule has 2 amide bonds. The lowest BCUT2D eigenvalue weighted by atomic mass is 10.2. The fourth-order valence-corrected chi connectivity index (χ4v) is 3.97. The molecular weight excluding hydrogens is 456 g/mol. The average molecular weight is 481 g/mol. The topological polar surface area (TPSA) is 73.8 Å². The highest BCUT2D eigenvalue weighted by Crippen LogP contribution is 2.17. The van der Waals surface area contributed by atoms with Gasteiger partial charge >= 0.3 is 0 Å². The number of thiophene rings is 1. The number of benzene rings is 2. The summed E-state index contributed by atoms with van der Waals surface area (Å²) in [5.41, 5.74) is 4.80. The second-order valence-electron chi connectivity index (χ2n) is 6.97. The maximum atomic E-state index is 12.8. The number of halogens is 1. The average Bonchev–Trinajstić information content (AvgIpc) is 3.34. The van der Waals surface area contributed by atoms with Crippen molar-refractivity contribution >= 4 is 52.7 Å². The van der Waals surface area contributed by atoms with Crippen LogP contribution in [0.4, 0.5) is 5.69 Å². The lowest BCUT2D eigenvalue weighted by molar-refractivity contribution is -0.117. The minimum atomic E-state index is -0.542. The third-order valence-corrected chi connectivity index (χ3v) is 5.99. The number of rotatable bonds is 9. The molecule has 0 spiro atoms. The maximum Gasteiger partial charge on any atom is 0.287 e. The van der Waals surface area contributed by atoms with E-state index in [0.717, 1.165) is 29.2 Å². The Hall–Kier alpha value is -3.42. The zero-order valence-corrected chi connectivity index (χ0v) is 20.0. The van der Waals surface area contributed by atoms with E-state index in [1.54, 1.807) is 36.6 Å². The summed E-state index contributed by atoms with van der Waals surface area (Å²) in [5, 5.41) is 8.89. The van der Waals surface area contributed by atoms with Gasteiger partial charge in [0.1, 0.15) is 5.70 Å². The zero-order valence-electron chi connectivity index (χ0n) is 18.4. The molecule has 0 saturated heterocycles. The van der Waals surface area contributed by atoms with Crippen molar-refractivity contribution in [2.45, 2.75) is 13.8 Å². The molecule has 8 heteroatoms. The summed E-state index contributed by atoms with van der Waals surface area (Å²) in [6.45, 7) is 6.08. The second kappa shape index (κ2) is 12.0. The van der Waals surface area contributed by atoms with Gasteiger partial charge < -0.3 is 10.2 Å². The van der Waals surface area contributed by atoms with E-state index in [4.69, 9.17) is 11.6 Å². The largest absolute Gasteiger partial charge is 0.372 e. The molecule has 6 nitrogen and oxygen atoms in total. The molecule has 2 aromatic carbocycles. The van der Waals surface area contributed by atoms with Crippen LogP contribution in [-0.2, 0) is 4.79 Å². The maximum absolute atomic E-state index is 12.8. The first-order valence-electron chi connectivity index (χ1n) is 10.5. The summed E-state index contributed by atoms with van der Waals surface area (Å²) < 4.78 is 0. The van der Waals surface area contributed by atoms with Crippen molar-refractivity contribution in [3.05, 3.63) is 92.8 Å². The summed E-state index contributed by atoms with van der Waals surface area (Å²) in [7, 11) is 0. The van der Waals surface area contributed by atoms with Crippen LogP contribution in [0.15, 0.2) is 76.8 Å². The van der Waals surface area contributed by atoms with Crippen LogP contribution in [0, 0.1) is 0 Å². The number of carbonyl (C=O) groups excluding carboxylic acids is 2. The van der Waals surface area contributed by atoms with Gasteiger partial charge in [-0.3, -0.25) is 9.59 Å². The van der Waals surface area contributed by atoms with E-state index in [1.807, 2.05) is 41.8 Å². The number of anilines is 1. The highest BCUT2D eigenvalue weighted by molar-refractivity contribution is 7.10. The molecule has 0 aliphatic heterocycles. The predicted molar refractivity (Wildman–Crippen MR) is 137 cm³/mol. The van der Waals surface area contributed by atoms with Crippen LogP contribution < -0.4 is 15.6 Å². The molecule has 170 valence electrons. The summed E-state index contributed by atoms with van der Waals surface area (Å²) in [6.07, 6.45) is 3.16. The van der Waals surface area contributed by atoms with E-state index in [9.17, 15) is 9.59 Å². The van der Waals surface area contributed by atoms with Crippen molar-refractivity contribution in [2.24, 2.45) is 5.10 Å². The zero-order chi connectivity index (χ0) is 23.6. The van der Waals surface area contributed by atoms with Gasteiger partial charge in [-0.25, -0.2) is 5.43 Å². The van der Waals surface area contributed by atoms with Crippen molar-refractivity contribution < 1.29 is 9.59 Å². The fraction of sp³-hybridized carbons (Fsp3) is 0.160. The van der Waals surface area contributed by atoms with E-state index in [-0.39, 0.29) is 11.3 Å². The van der Waals surface area contributed by atoms with E-state index in [2.05, 4.69) is 34.6 Å². The molecule has 0 radical (unpaired) electrons. The Kier molecular flexibility index (Phi) is 8.80.